The highest BCUT2D eigenvalue weighted by molar-refractivity contribution is 5.72. The molecule has 1 aromatic heterocycles. The maximum Gasteiger partial charge on any atom is 0.0929 e. The van der Waals surface area contributed by atoms with E-state index >= 15 is 0 Å². The van der Waals surface area contributed by atoms with Gasteiger partial charge in [0.25, 0.3) is 0 Å². The molecule has 0 atom stereocenters. The van der Waals surface area contributed by atoms with Gasteiger partial charge in [-0.3, -0.25) is 4.68 Å². The van der Waals surface area contributed by atoms with Crippen LogP contribution in [0.4, 0.5) is 0 Å². The standard InChI is InChI=1S/C22H18N2/c1-24-22(16-21(23-24)19-10-6-3-7-11-19)20-14-12-18(13-15-20)17-8-4-2-5-9-17/h2-16H,1H3. The predicted molar refractivity (Wildman–Crippen MR) is 99.5 cm³/mol. The molecule has 2 nitrogen and oxygen atoms in total. The van der Waals surface area contributed by atoms with E-state index in [4.69, 9.17) is 0 Å². The first-order chi connectivity index (χ1) is 11.8. The minimum absolute atomic E-state index is 1.00. The zero-order valence-electron chi connectivity index (χ0n) is 13.6. The average Bonchev–Trinajstić information content (AvgIpc) is 3.05. The average molecular weight is 310 g/mol. The van der Waals surface area contributed by atoms with Gasteiger partial charge in [-0.05, 0) is 22.8 Å². The summed E-state index contributed by atoms with van der Waals surface area (Å²) in [4.78, 5) is 0. The summed E-state index contributed by atoms with van der Waals surface area (Å²) in [6.45, 7) is 0. The predicted octanol–water partition coefficient (Wildman–Crippen LogP) is 5.42. The van der Waals surface area contributed by atoms with Gasteiger partial charge in [-0.15, -0.1) is 0 Å². The molecule has 0 spiro atoms. The van der Waals surface area contributed by atoms with E-state index in [0.29, 0.717) is 0 Å². The highest BCUT2D eigenvalue weighted by atomic mass is 15.3. The third kappa shape index (κ3) is 2.74. The minimum atomic E-state index is 1.00. The molecule has 0 fully saturated rings. The Morgan fingerprint density at radius 3 is 1.71 bits per heavy atom. The van der Waals surface area contributed by atoms with Crippen molar-refractivity contribution >= 4 is 0 Å². The molecule has 116 valence electrons. The maximum absolute atomic E-state index is 4.65. The second-order valence-corrected chi connectivity index (χ2v) is 5.85. The Morgan fingerprint density at radius 2 is 1.08 bits per heavy atom. The van der Waals surface area contributed by atoms with Gasteiger partial charge in [0.2, 0.25) is 0 Å². The van der Waals surface area contributed by atoms with Crippen LogP contribution in [0.25, 0.3) is 33.6 Å². The van der Waals surface area contributed by atoms with Gasteiger partial charge in [0.15, 0.2) is 0 Å². The fraction of sp³-hybridized carbons (Fsp3) is 0.0455. The molecule has 0 saturated heterocycles. The van der Waals surface area contributed by atoms with Crippen LogP contribution in [0.3, 0.4) is 0 Å². The van der Waals surface area contributed by atoms with Crippen LogP contribution in [-0.4, -0.2) is 9.78 Å². The largest absolute Gasteiger partial charge is 0.267 e. The maximum atomic E-state index is 4.65. The number of aryl methyl sites for hydroxylation is 1. The second-order valence-electron chi connectivity index (χ2n) is 5.85. The first-order valence-electron chi connectivity index (χ1n) is 8.06. The van der Waals surface area contributed by atoms with Crippen LogP contribution in [0.1, 0.15) is 0 Å². The summed E-state index contributed by atoms with van der Waals surface area (Å²) in [6, 6.07) is 31.5. The highest BCUT2D eigenvalue weighted by Gasteiger charge is 2.09. The molecule has 2 heteroatoms. The van der Waals surface area contributed by atoms with Crippen LogP contribution >= 0.6 is 0 Å². The number of nitrogens with zero attached hydrogens (tertiary/aromatic N) is 2. The molecule has 4 rings (SSSR count). The summed E-state index contributed by atoms with van der Waals surface area (Å²) in [7, 11) is 1.99. The van der Waals surface area contributed by atoms with Crippen LogP contribution < -0.4 is 0 Å². The van der Waals surface area contributed by atoms with Gasteiger partial charge in [0.05, 0.1) is 11.4 Å². The van der Waals surface area contributed by atoms with Crippen molar-refractivity contribution in [3.63, 3.8) is 0 Å². The third-order valence-corrected chi connectivity index (χ3v) is 4.24. The quantitative estimate of drug-likeness (QED) is 0.494. The Labute approximate surface area is 142 Å². The van der Waals surface area contributed by atoms with E-state index in [2.05, 4.69) is 71.8 Å². The van der Waals surface area contributed by atoms with E-state index in [0.717, 1.165) is 17.0 Å². The van der Waals surface area contributed by atoms with Gasteiger partial charge in [0, 0.05) is 12.6 Å². The highest BCUT2D eigenvalue weighted by Crippen LogP contribution is 2.27. The number of rotatable bonds is 3. The van der Waals surface area contributed by atoms with Crippen molar-refractivity contribution in [2.45, 2.75) is 0 Å². The molecule has 1 heterocycles. The lowest BCUT2D eigenvalue weighted by molar-refractivity contribution is 0.779. The zero-order valence-corrected chi connectivity index (χ0v) is 13.6. The summed E-state index contributed by atoms with van der Waals surface area (Å²) >= 11 is 0. The Hall–Kier alpha value is -3.13. The molecule has 0 saturated carbocycles. The van der Waals surface area contributed by atoms with Gasteiger partial charge in [-0.2, -0.15) is 5.10 Å². The molecule has 0 aliphatic rings. The van der Waals surface area contributed by atoms with Gasteiger partial charge >= 0.3 is 0 Å². The molecule has 0 aliphatic carbocycles. The molecule has 0 bridgehead atoms. The topological polar surface area (TPSA) is 17.8 Å². The molecule has 0 unspecified atom stereocenters. The fourth-order valence-corrected chi connectivity index (χ4v) is 2.95. The molecule has 4 aromatic rings. The van der Waals surface area contributed by atoms with Crippen molar-refractivity contribution < 1.29 is 0 Å². The van der Waals surface area contributed by atoms with Gasteiger partial charge in [0.1, 0.15) is 0 Å². The van der Waals surface area contributed by atoms with Crippen molar-refractivity contribution in [1.82, 2.24) is 9.78 Å². The lowest BCUT2D eigenvalue weighted by Gasteiger charge is -2.05. The number of aromatic nitrogens is 2. The number of benzene rings is 3. The van der Waals surface area contributed by atoms with Crippen LogP contribution in [-0.2, 0) is 7.05 Å². The Kier molecular flexibility index (Phi) is 3.72. The smallest absolute Gasteiger partial charge is 0.0929 e. The second kappa shape index (κ2) is 6.17. The van der Waals surface area contributed by atoms with Crippen molar-refractivity contribution in [2.24, 2.45) is 7.05 Å². The number of hydrogen-bond donors (Lipinski definition) is 0. The van der Waals surface area contributed by atoms with E-state index in [1.165, 1.54) is 16.7 Å². The van der Waals surface area contributed by atoms with E-state index in [1.807, 2.05) is 36.0 Å². The van der Waals surface area contributed by atoms with E-state index in [1.54, 1.807) is 0 Å². The molecule has 0 aliphatic heterocycles. The first kappa shape index (κ1) is 14.5. The molecule has 3 aromatic carbocycles. The monoisotopic (exact) mass is 310 g/mol. The SMILES string of the molecule is Cn1nc(-c2ccccc2)cc1-c1ccc(-c2ccccc2)cc1. The summed E-state index contributed by atoms with van der Waals surface area (Å²) in [5.41, 5.74) is 6.89. The van der Waals surface area contributed by atoms with Crippen molar-refractivity contribution in [3.8, 4) is 33.6 Å². The normalized spacial score (nSPS) is 10.7. The fourth-order valence-electron chi connectivity index (χ4n) is 2.95. The van der Waals surface area contributed by atoms with Crippen LogP contribution in [0, 0.1) is 0 Å². The van der Waals surface area contributed by atoms with Gasteiger partial charge in [-0.1, -0.05) is 84.9 Å². The lowest BCUT2D eigenvalue weighted by atomic mass is 10.0. The summed E-state index contributed by atoms with van der Waals surface area (Å²) in [5.74, 6) is 0. The molecule has 0 N–H and O–H groups in total. The molecular formula is C22H18N2. The molecule has 0 radical (unpaired) electrons. The summed E-state index contributed by atoms with van der Waals surface area (Å²) < 4.78 is 1.94. The minimum Gasteiger partial charge on any atom is -0.267 e. The Bertz CT molecular complexity index is 936. The number of hydrogen-bond acceptors (Lipinski definition) is 1. The Morgan fingerprint density at radius 1 is 0.583 bits per heavy atom. The van der Waals surface area contributed by atoms with Gasteiger partial charge in [-0.25, -0.2) is 0 Å². The first-order valence-corrected chi connectivity index (χ1v) is 8.06. The zero-order chi connectivity index (χ0) is 16.4. The van der Waals surface area contributed by atoms with Crippen molar-refractivity contribution in [3.05, 3.63) is 91.0 Å². The van der Waals surface area contributed by atoms with Crippen molar-refractivity contribution in [1.29, 1.82) is 0 Å². The summed E-state index contributed by atoms with van der Waals surface area (Å²) in [5, 5.41) is 4.65. The Balaban J connectivity index is 1.68. The summed E-state index contributed by atoms with van der Waals surface area (Å²) in [6.07, 6.45) is 0. The van der Waals surface area contributed by atoms with E-state index < -0.39 is 0 Å². The van der Waals surface area contributed by atoms with E-state index in [-0.39, 0.29) is 0 Å². The molecular weight excluding hydrogens is 292 g/mol. The molecule has 0 amide bonds. The molecule has 24 heavy (non-hydrogen) atoms. The lowest BCUT2D eigenvalue weighted by Crippen LogP contribution is -1.93. The third-order valence-electron chi connectivity index (χ3n) is 4.24. The van der Waals surface area contributed by atoms with Crippen LogP contribution in [0.2, 0.25) is 0 Å². The van der Waals surface area contributed by atoms with E-state index in [9.17, 15) is 0 Å². The van der Waals surface area contributed by atoms with Crippen LogP contribution in [0.15, 0.2) is 91.0 Å². The van der Waals surface area contributed by atoms with Gasteiger partial charge < -0.3 is 0 Å². The van der Waals surface area contributed by atoms with Crippen LogP contribution in [0.5, 0.6) is 0 Å². The van der Waals surface area contributed by atoms with Crippen molar-refractivity contribution in [2.75, 3.05) is 0 Å².